The predicted molar refractivity (Wildman–Crippen MR) is 64.4 cm³/mol. The summed E-state index contributed by atoms with van der Waals surface area (Å²) in [4.78, 5) is 2.07. The third kappa shape index (κ3) is 1.38. The van der Waals surface area contributed by atoms with Crippen molar-refractivity contribution in [3.8, 4) is 0 Å². The Labute approximate surface area is 95.4 Å². The maximum absolute atomic E-state index is 13.8. The van der Waals surface area contributed by atoms with Crippen molar-refractivity contribution in [2.24, 2.45) is 5.41 Å². The van der Waals surface area contributed by atoms with Gasteiger partial charge in [-0.05, 0) is 25.0 Å². The van der Waals surface area contributed by atoms with E-state index in [2.05, 4.69) is 10.2 Å². The van der Waals surface area contributed by atoms with Crippen LogP contribution in [0.2, 0.25) is 0 Å². The fraction of sp³-hybridized carbons (Fsp3) is 0.538. The first-order valence-electron chi connectivity index (χ1n) is 5.94. The lowest BCUT2D eigenvalue weighted by Crippen LogP contribution is -2.43. The van der Waals surface area contributed by atoms with Gasteiger partial charge in [0.15, 0.2) is 0 Å². The Hall–Kier alpha value is -1.25. The van der Waals surface area contributed by atoms with Crippen LogP contribution in [0.4, 0.5) is 15.8 Å². The van der Waals surface area contributed by atoms with Gasteiger partial charge in [0.05, 0.1) is 11.4 Å². The largest absolute Gasteiger partial charge is 0.383 e. The van der Waals surface area contributed by atoms with E-state index in [9.17, 15) is 4.39 Å². The van der Waals surface area contributed by atoms with Crippen molar-refractivity contribution in [2.75, 3.05) is 30.4 Å². The number of anilines is 2. The van der Waals surface area contributed by atoms with Crippen molar-refractivity contribution >= 4 is 11.4 Å². The summed E-state index contributed by atoms with van der Waals surface area (Å²) in [6.45, 7) is 1.95. The van der Waals surface area contributed by atoms with Crippen molar-refractivity contribution in [1.82, 2.24) is 0 Å². The molecule has 3 rings (SSSR count). The van der Waals surface area contributed by atoms with Crippen LogP contribution in [0.25, 0.3) is 0 Å². The van der Waals surface area contributed by atoms with Crippen LogP contribution in [0.3, 0.4) is 0 Å². The zero-order chi connectivity index (χ0) is 11.2. The van der Waals surface area contributed by atoms with E-state index in [1.807, 2.05) is 13.1 Å². The zero-order valence-electron chi connectivity index (χ0n) is 9.59. The molecule has 1 heterocycles. The summed E-state index contributed by atoms with van der Waals surface area (Å²) in [5.41, 5.74) is 2.04. The standard InChI is InChI=1S/C13H17FN2/c1-16-9-13(6-3-7-13)8-15-11-5-2-4-10(14)12(11)16/h2,4-5,15H,3,6-9H2,1H3. The van der Waals surface area contributed by atoms with Crippen molar-refractivity contribution in [3.05, 3.63) is 24.0 Å². The van der Waals surface area contributed by atoms with E-state index < -0.39 is 0 Å². The number of halogens is 1. The number of fused-ring (bicyclic) bond motifs is 1. The number of benzene rings is 1. The highest BCUT2D eigenvalue weighted by atomic mass is 19.1. The van der Waals surface area contributed by atoms with Gasteiger partial charge in [0.2, 0.25) is 0 Å². The number of rotatable bonds is 0. The Bertz CT molecular complexity index is 412. The third-order valence-corrected chi connectivity index (χ3v) is 4.01. The molecular weight excluding hydrogens is 203 g/mol. The predicted octanol–water partition coefficient (Wildman–Crippen LogP) is 2.86. The summed E-state index contributed by atoms with van der Waals surface area (Å²) >= 11 is 0. The second kappa shape index (κ2) is 3.37. The number of hydrogen-bond donors (Lipinski definition) is 1. The highest BCUT2D eigenvalue weighted by Gasteiger charge is 2.40. The maximum atomic E-state index is 13.8. The molecule has 0 amide bonds. The van der Waals surface area contributed by atoms with E-state index >= 15 is 0 Å². The van der Waals surface area contributed by atoms with Gasteiger partial charge in [0.1, 0.15) is 5.82 Å². The molecule has 0 unspecified atom stereocenters. The van der Waals surface area contributed by atoms with Crippen LogP contribution in [-0.4, -0.2) is 20.1 Å². The van der Waals surface area contributed by atoms with E-state index in [0.29, 0.717) is 5.41 Å². The minimum Gasteiger partial charge on any atom is -0.383 e. The molecule has 0 saturated heterocycles. The van der Waals surface area contributed by atoms with Gasteiger partial charge in [-0.15, -0.1) is 0 Å². The quantitative estimate of drug-likeness (QED) is 0.723. The molecule has 1 saturated carbocycles. The average molecular weight is 220 g/mol. The second-order valence-corrected chi connectivity index (χ2v) is 5.20. The summed E-state index contributed by atoms with van der Waals surface area (Å²) in [6.07, 6.45) is 3.84. The van der Waals surface area contributed by atoms with Crippen LogP contribution >= 0.6 is 0 Å². The fourth-order valence-corrected chi connectivity index (χ4v) is 2.98. The molecule has 0 bridgehead atoms. The van der Waals surface area contributed by atoms with Gasteiger partial charge in [-0.2, -0.15) is 0 Å². The van der Waals surface area contributed by atoms with Crippen molar-refractivity contribution in [1.29, 1.82) is 0 Å². The Morgan fingerprint density at radius 2 is 2.19 bits per heavy atom. The highest BCUT2D eigenvalue weighted by Crippen LogP contribution is 2.45. The second-order valence-electron chi connectivity index (χ2n) is 5.20. The van der Waals surface area contributed by atoms with Crippen LogP contribution in [0.15, 0.2) is 18.2 Å². The molecule has 2 aliphatic rings. The molecule has 1 aliphatic heterocycles. The summed E-state index contributed by atoms with van der Waals surface area (Å²) in [6, 6.07) is 5.27. The molecular formula is C13H17FN2. The lowest BCUT2D eigenvalue weighted by atomic mass is 9.68. The van der Waals surface area contributed by atoms with Gasteiger partial charge in [-0.25, -0.2) is 4.39 Å². The van der Waals surface area contributed by atoms with Crippen molar-refractivity contribution < 1.29 is 4.39 Å². The summed E-state index contributed by atoms with van der Waals surface area (Å²) in [5, 5.41) is 3.41. The van der Waals surface area contributed by atoms with Crippen LogP contribution in [0, 0.1) is 11.2 Å². The molecule has 1 aromatic rings. The summed E-state index contributed by atoms with van der Waals surface area (Å²) < 4.78 is 13.8. The maximum Gasteiger partial charge on any atom is 0.148 e. The first-order chi connectivity index (χ1) is 7.70. The average Bonchev–Trinajstić information content (AvgIpc) is 2.36. The van der Waals surface area contributed by atoms with E-state index in [4.69, 9.17) is 0 Å². The highest BCUT2D eigenvalue weighted by molar-refractivity contribution is 5.71. The molecule has 1 N–H and O–H groups in total. The first kappa shape index (κ1) is 9.94. The van der Waals surface area contributed by atoms with E-state index in [1.165, 1.54) is 25.3 Å². The Morgan fingerprint density at radius 3 is 2.88 bits per heavy atom. The zero-order valence-corrected chi connectivity index (χ0v) is 9.59. The Morgan fingerprint density at radius 1 is 1.38 bits per heavy atom. The minimum absolute atomic E-state index is 0.121. The molecule has 86 valence electrons. The number of nitrogens with one attached hydrogen (secondary N) is 1. The van der Waals surface area contributed by atoms with E-state index in [0.717, 1.165) is 24.5 Å². The summed E-state index contributed by atoms with van der Waals surface area (Å²) in [5.74, 6) is -0.121. The van der Waals surface area contributed by atoms with Gasteiger partial charge < -0.3 is 10.2 Å². The van der Waals surface area contributed by atoms with Crippen LogP contribution in [-0.2, 0) is 0 Å². The molecule has 0 aromatic heterocycles. The molecule has 3 heteroatoms. The number of hydrogen-bond acceptors (Lipinski definition) is 2. The molecule has 16 heavy (non-hydrogen) atoms. The first-order valence-corrected chi connectivity index (χ1v) is 5.94. The van der Waals surface area contributed by atoms with Crippen LogP contribution in [0.1, 0.15) is 19.3 Å². The smallest absolute Gasteiger partial charge is 0.148 e. The molecule has 1 aliphatic carbocycles. The molecule has 1 aromatic carbocycles. The topological polar surface area (TPSA) is 15.3 Å². The van der Waals surface area contributed by atoms with Crippen molar-refractivity contribution in [3.63, 3.8) is 0 Å². The Kier molecular flexibility index (Phi) is 2.09. The summed E-state index contributed by atoms with van der Waals surface area (Å²) in [7, 11) is 2.00. The lowest BCUT2D eigenvalue weighted by Gasteiger charge is -2.43. The van der Waals surface area contributed by atoms with Gasteiger partial charge in [0.25, 0.3) is 0 Å². The monoisotopic (exact) mass is 220 g/mol. The fourth-order valence-electron chi connectivity index (χ4n) is 2.98. The van der Waals surface area contributed by atoms with Gasteiger partial charge >= 0.3 is 0 Å². The van der Waals surface area contributed by atoms with E-state index in [1.54, 1.807) is 6.07 Å². The van der Waals surface area contributed by atoms with E-state index in [-0.39, 0.29) is 5.82 Å². The van der Waals surface area contributed by atoms with Crippen LogP contribution in [0.5, 0.6) is 0 Å². The van der Waals surface area contributed by atoms with Gasteiger partial charge in [-0.3, -0.25) is 0 Å². The van der Waals surface area contributed by atoms with Crippen LogP contribution < -0.4 is 10.2 Å². The third-order valence-electron chi connectivity index (χ3n) is 4.01. The number of nitrogens with zero attached hydrogens (tertiary/aromatic N) is 1. The lowest BCUT2D eigenvalue weighted by molar-refractivity contribution is 0.162. The Balaban J connectivity index is 1.99. The molecule has 0 radical (unpaired) electrons. The molecule has 1 spiro atoms. The van der Waals surface area contributed by atoms with Gasteiger partial charge in [0, 0.05) is 25.6 Å². The van der Waals surface area contributed by atoms with Gasteiger partial charge in [-0.1, -0.05) is 12.5 Å². The molecule has 2 nitrogen and oxygen atoms in total. The SMILES string of the molecule is CN1CC2(CCC2)CNc2cccc(F)c21. The minimum atomic E-state index is -0.121. The number of para-hydroxylation sites is 1. The molecule has 1 fully saturated rings. The molecule has 0 atom stereocenters. The van der Waals surface area contributed by atoms with Crippen molar-refractivity contribution in [2.45, 2.75) is 19.3 Å². The normalized spacial score (nSPS) is 22.0.